The van der Waals surface area contributed by atoms with E-state index in [2.05, 4.69) is 10.6 Å². The number of urea groups is 1. The maximum absolute atomic E-state index is 11.8. The molecule has 114 valence electrons. The summed E-state index contributed by atoms with van der Waals surface area (Å²) in [5.41, 5.74) is 5.90. The lowest BCUT2D eigenvalue weighted by Gasteiger charge is -2.09. The molecule has 3 amide bonds. The Hall–Kier alpha value is -3.42. The second-order valence-electron chi connectivity index (χ2n) is 4.38. The lowest BCUT2D eigenvalue weighted by Crippen LogP contribution is -2.19. The fourth-order valence-corrected chi connectivity index (χ4v) is 1.69. The van der Waals surface area contributed by atoms with Gasteiger partial charge < -0.3 is 31.7 Å². The van der Waals surface area contributed by atoms with Crippen molar-refractivity contribution in [1.29, 1.82) is 0 Å². The van der Waals surface area contributed by atoms with Crippen LogP contribution in [0.3, 0.4) is 0 Å². The Balaban J connectivity index is 2.05. The van der Waals surface area contributed by atoms with Crippen molar-refractivity contribution >= 4 is 23.3 Å². The molecule has 2 aromatic carbocycles. The average molecular weight is 303 g/mol. The molecular weight excluding hydrogens is 290 g/mol. The smallest absolute Gasteiger partial charge is 0.323 e. The van der Waals surface area contributed by atoms with Crippen LogP contribution in [0.15, 0.2) is 36.4 Å². The summed E-state index contributed by atoms with van der Waals surface area (Å²) in [4.78, 5) is 22.7. The van der Waals surface area contributed by atoms with Gasteiger partial charge in [0.05, 0.1) is 5.69 Å². The Morgan fingerprint density at radius 3 is 1.86 bits per heavy atom. The number of carbonyl (C=O) groups excluding carboxylic acids is 2. The number of aromatic hydroxyl groups is 3. The minimum Gasteiger partial charge on any atom is -0.504 e. The van der Waals surface area contributed by atoms with Gasteiger partial charge in [0.25, 0.3) is 0 Å². The monoisotopic (exact) mass is 303 g/mol. The molecule has 7 N–H and O–H groups in total. The van der Waals surface area contributed by atoms with E-state index < -0.39 is 29.2 Å². The first-order valence-corrected chi connectivity index (χ1v) is 6.09. The Morgan fingerprint density at radius 2 is 1.36 bits per heavy atom. The number of phenols is 3. The standard InChI is InChI=1S/C14H13N3O5/c15-13(21)7-1-3-8(4-2-7)16-14(22)17-9-5-10(18)12(20)11(19)6-9/h1-6,18-20H,(H2,15,21)(H2,16,17,22). The lowest BCUT2D eigenvalue weighted by atomic mass is 10.2. The molecule has 0 fully saturated rings. The number of nitrogens with one attached hydrogen (secondary N) is 2. The van der Waals surface area contributed by atoms with E-state index in [0.717, 1.165) is 12.1 Å². The van der Waals surface area contributed by atoms with Crippen molar-refractivity contribution in [3.63, 3.8) is 0 Å². The summed E-state index contributed by atoms with van der Waals surface area (Å²) >= 11 is 0. The van der Waals surface area contributed by atoms with E-state index in [4.69, 9.17) is 5.73 Å². The molecule has 22 heavy (non-hydrogen) atoms. The topological polar surface area (TPSA) is 145 Å². The van der Waals surface area contributed by atoms with Gasteiger partial charge in [0.2, 0.25) is 5.91 Å². The summed E-state index contributed by atoms with van der Waals surface area (Å²) in [5, 5.41) is 32.7. The zero-order valence-electron chi connectivity index (χ0n) is 11.2. The lowest BCUT2D eigenvalue weighted by molar-refractivity contribution is 0.100. The van der Waals surface area contributed by atoms with Crippen LogP contribution in [0.2, 0.25) is 0 Å². The van der Waals surface area contributed by atoms with Crippen molar-refractivity contribution in [1.82, 2.24) is 0 Å². The molecule has 0 radical (unpaired) electrons. The van der Waals surface area contributed by atoms with Gasteiger partial charge in [0.15, 0.2) is 17.2 Å². The molecule has 0 bridgehead atoms. The van der Waals surface area contributed by atoms with Crippen LogP contribution in [0, 0.1) is 0 Å². The average Bonchev–Trinajstić information content (AvgIpc) is 2.45. The molecule has 0 aliphatic heterocycles. The van der Waals surface area contributed by atoms with Crippen LogP contribution in [0.1, 0.15) is 10.4 Å². The number of primary amides is 1. The van der Waals surface area contributed by atoms with Crippen molar-refractivity contribution in [2.45, 2.75) is 0 Å². The fraction of sp³-hybridized carbons (Fsp3) is 0. The van der Waals surface area contributed by atoms with E-state index in [-0.39, 0.29) is 5.69 Å². The molecular formula is C14H13N3O5. The highest BCUT2D eigenvalue weighted by molar-refractivity contribution is 6.00. The van der Waals surface area contributed by atoms with Gasteiger partial charge in [0.1, 0.15) is 0 Å². The van der Waals surface area contributed by atoms with Gasteiger partial charge in [-0.05, 0) is 24.3 Å². The van der Waals surface area contributed by atoms with Gasteiger partial charge in [-0.3, -0.25) is 4.79 Å². The number of phenolic OH excluding ortho intramolecular Hbond substituents is 3. The summed E-state index contributed by atoms with van der Waals surface area (Å²) < 4.78 is 0. The molecule has 0 aliphatic rings. The summed E-state index contributed by atoms with van der Waals surface area (Å²) in [7, 11) is 0. The summed E-state index contributed by atoms with van der Waals surface area (Å²) in [6.45, 7) is 0. The number of nitrogens with two attached hydrogens (primary N) is 1. The Kier molecular flexibility index (Phi) is 4.03. The van der Waals surface area contributed by atoms with Crippen molar-refractivity contribution in [2.75, 3.05) is 10.6 Å². The predicted octanol–water partition coefficient (Wildman–Crippen LogP) is 1.55. The largest absolute Gasteiger partial charge is 0.504 e. The Bertz CT molecular complexity index is 705. The van der Waals surface area contributed by atoms with E-state index in [0.29, 0.717) is 11.3 Å². The minimum absolute atomic E-state index is 0.0825. The predicted molar refractivity (Wildman–Crippen MR) is 79.0 cm³/mol. The minimum atomic E-state index is -0.673. The number of hydrogen-bond acceptors (Lipinski definition) is 5. The zero-order chi connectivity index (χ0) is 16.3. The first-order chi connectivity index (χ1) is 10.4. The third-order valence-electron chi connectivity index (χ3n) is 2.75. The first kappa shape index (κ1) is 15.0. The maximum atomic E-state index is 11.8. The second kappa shape index (κ2) is 5.92. The third kappa shape index (κ3) is 3.37. The SMILES string of the molecule is NC(=O)c1ccc(NC(=O)Nc2cc(O)c(O)c(O)c2)cc1. The zero-order valence-corrected chi connectivity index (χ0v) is 11.2. The van der Waals surface area contributed by atoms with Crippen LogP contribution in [-0.4, -0.2) is 27.3 Å². The van der Waals surface area contributed by atoms with E-state index in [9.17, 15) is 24.9 Å². The van der Waals surface area contributed by atoms with E-state index in [1.54, 1.807) is 0 Å². The fourth-order valence-electron chi connectivity index (χ4n) is 1.69. The van der Waals surface area contributed by atoms with Crippen LogP contribution >= 0.6 is 0 Å². The van der Waals surface area contributed by atoms with Gasteiger partial charge in [-0.25, -0.2) is 4.79 Å². The first-order valence-electron chi connectivity index (χ1n) is 6.09. The molecule has 8 heteroatoms. The molecule has 0 aromatic heterocycles. The molecule has 2 aromatic rings. The number of rotatable bonds is 3. The highest BCUT2D eigenvalue weighted by Crippen LogP contribution is 2.37. The molecule has 0 aliphatic carbocycles. The molecule has 0 spiro atoms. The molecule has 8 nitrogen and oxygen atoms in total. The molecule has 0 heterocycles. The van der Waals surface area contributed by atoms with Crippen molar-refractivity contribution in [3.8, 4) is 17.2 Å². The van der Waals surface area contributed by atoms with Gasteiger partial charge in [-0.2, -0.15) is 0 Å². The highest BCUT2D eigenvalue weighted by Gasteiger charge is 2.10. The normalized spacial score (nSPS) is 10.0. The third-order valence-corrected chi connectivity index (χ3v) is 2.75. The summed E-state index contributed by atoms with van der Waals surface area (Å²) in [5.74, 6) is -2.39. The van der Waals surface area contributed by atoms with Crippen LogP contribution in [0.5, 0.6) is 17.2 Å². The van der Waals surface area contributed by atoms with Gasteiger partial charge in [0, 0.05) is 23.4 Å². The van der Waals surface area contributed by atoms with E-state index in [1.807, 2.05) is 0 Å². The van der Waals surface area contributed by atoms with Gasteiger partial charge in [-0.15, -0.1) is 0 Å². The van der Waals surface area contributed by atoms with Crippen molar-refractivity contribution in [3.05, 3.63) is 42.0 Å². The van der Waals surface area contributed by atoms with Gasteiger partial charge >= 0.3 is 6.03 Å². The summed E-state index contributed by atoms with van der Waals surface area (Å²) in [6, 6.07) is 7.40. The van der Waals surface area contributed by atoms with Crippen molar-refractivity contribution < 1.29 is 24.9 Å². The van der Waals surface area contributed by atoms with E-state index >= 15 is 0 Å². The number of carbonyl (C=O) groups is 2. The quantitative estimate of drug-likeness (QED) is 0.376. The van der Waals surface area contributed by atoms with Crippen LogP contribution in [0.25, 0.3) is 0 Å². The van der Waals surface area contributed by atoms with Crippen molar-refractivity contribution in [2.24, 2.45) is 5.73 Å². The van der Waals surface area contributed by atoms with Crippen LogP contribution < -0.4 is 16.4 Å². The number of amides is 3. The maximum Gasteiger partial charge on any atom is 0.323 e. The second-order valence-corrected chi connectivity index (χ2v) is 4.38. The molecule has 0 saturated heterocycles. The number of benzene rings is 2. The highest BCUT2D eigenvalue weighted by atomic mass is 16.3. The molecule has 0 unspecified atom stereocenters. The molecule has 0 atom stereocenters. The van der Waals surface area contributed by atoms with E-state index in [1.165, 1.54) is 24.3 Å². The molecule has 0 saturated carbocycles. The number of hydrogen-bond donors (Lipinski definition) is 6. The number of anilines is 2. The Morgan fingerprint density at radius 1 is 0.864 bits per heavy atom. The Labute approximate surface area is 124 Å². The van der Waals surface area contributed by atoms with Crippen LogP contribution in [-0.2, 0) is 0 Å². The molecule has 2 rings (SSSR count). The summed E-state index contributed by atoms with van der Waals surface area (Å²) in [6.07, 6.45) is 0. The van der Waals surface area contributed by atoms with Crippen LogP contribution in [0.4, 0.5) is 16.2 Å². The van der Waals surface area contributed by atoms with Gasteiger partial charge in [-0.1, -0.05) is 0 Å².